The molecule has 4 nitrogen and oxygen atoms in total. The lowest BCUT2D eigenvalue weighted by atomic mass is 9.92. The molecule has 2 fully saturated rings. The summed E-state index contributed by atoms with van der Waals surface area (Å²) in [7, 11) is 2.12. The van der Waals surface area contributed by atoms with Gasteiger partial charge < -0.3 is 15.1 Å². The maximum absolute atomic E-state index is 12.3. The predicted octanol–water partition coefficient (Wildman–Crippen LogP) is 0.149. The van der Waals surface area contributed by atoms with Crippen molar-refractivity contribution in [2.24, 2.45) is 5.92 Å². The zero-order valence-electron chi connectivity index (χ0n) is 10.4. The molecule has 0 aromatic rings. The van der Waals surface area contributed by atoms with E-state index in [2.05, 4.69) is 29.1 Å². The van der Waals surface area contributed by atoms with E-state index in [4.69, 9.17) is 0 Å². The number of hydrogen-bond donors (Lipinski definition) is 1. The third-order valence-electron chi connectivity index (χ3n) is 3.79. The van der Waals surface area contributed by atoms with E-state index in [1.807, 2.05) is 0 Å². The molecule has 0 aromatic carbocycles. The van der Waals surface area contributed by atoms with Crippen molar-refractivity contribution >= 4 is 5.91 Å². The van der Waals surface area contributed by atoms with Crippen LogP contribution in [-0.2, 0) is 4.79 Å². The van der Waals surface area contributed by atoms with Crippen molar-refractivity contribution in [3.05, 3.63) is 0 Å². The lowest BCUT2D eigenvalue weighted by Gasteiger charge is -2.36. The molecule has 0 aromatic heterocycles. The first kappa shape index (κ1) is 11.9. The number of carbonyl (C=O) groups is 1. The molecular formula is C12H23N3O. The minimum Gasteiger partial charge on any atom is -0.340 e. The summed E-state index contributed by atoms with van der Waals surface area (Å²) in [5.74, 6) is 0.654. The zero-order valence-corrected chi connectivity index (χ0v) is 10.4. The van der Waals surface area contributed by atoms with Crippen LogP contribution in [-0.4, -0.2) is 61.5 Å². The van der Waals surface area contributed by atoms with Crippen LogP contribution in [0.4, 0.5) is 0 Å². The van der Waals surface area contributed by atoms with Gasteiger partial charge in [0.2, 0.25) is 5.91 Å². The summed E-state index contributed by atoms with van der Waals surface area (Å²) in [5, 5.41) is 3.40. The molecule has 92 valence electrons. The second kappa shape index (κ2) is 5.15. The van der Waals surface area contributed by atoms with Crippen molar-refractivity contribution in [1.29, 1.82) is 0 Å². The van der Waals surface area contributed by atoms with Crippen LogP contribution >= 0.6 is 0 Å². The van der Waals surface area contributed by atoms with Crippen molar-refractivity contribution in [3.8, 4) is 0 Å². The van der Waals surface area contributed by atoms with Gasteiger partial charge in [-0.3, -0.25) is 4.79 Å². The van der Waals surface area contributed by atoms with Crippen LogP contribution in [0.2, 0.25) is 0 Å². The molecule has 2 saturated heterocycles. The number of nitrogens with zero attached hydrogens (tertiary/aromatic N) is 2. The number of likely N-dealkylation sites (N-methyl/N-ethyl adjacent to an activating group) is 1. The Kier molecular flexibility index (Phi) is 3.82. The molecule has 0 unspecified atom stereocenters. The Morgan fingerprint density at radius 1 is 1.25 bits per heavy atom. The summed E-state index contributed by atoms with van der Waals surface area (Å²) in [6.45, 7) is 7.02. The third-order valence-corrected chi connectivity index (χ3v) is 3.79. The second-order valence-electron chi connectivity index (χ2n) is 5.21. The van der Waals surface area contributed by atoms with Crippen LogP contribution in [0, 0.1) is 5.92 Å². The van der Waals surface area contributed by atoms with Gasteiger partial charge in [-0.2, -0.15) is 0 Å². The van der Waals surface area contributed by atoms with E-state index in [0.29, 0.717) is 11.9 Å². The topological polar surface area (TPSA) is 35.6 Å². The zero-order chi connectivity index (χ0) is 11.5. The molecule has 4 heteroatoms. The summed E-state index contributed by atoms with van der Waals surface area (Å²) in [6.07, 6.45) is 2.01. The van der Waals surface area contributed by atoms with E-state index < -0.39 is 0 Å². The molecule has 0 saturated carbocycles. The predicted molar refractivity (Wildman–Crippen MR) is 64.3 cm³/mol. The first-order chi connectivity index (χ1) is 7.66. The van der Waals surface area contributed by atoms with Gasteiger partial charge in [-0.1, -0.05) is 0 Å². The first-order valence-electron chi connectivity index (χ1n) is 6.37. The number of rotatable bonds is 1. The average Bonchev–Trinajstić information content (AvgIpc) is 2.29. The molecule has 1 N–H and O–H groups in total. The van der Waals surface area contributed by atoms with Crippen LogP contribution in [0.15, 0.2) is 0 Å². The molecule has 1 amide bonds. The van der Waals surface area contributed by atoms with E-state index in [1.165, 1.54) is 0 Å². The highest BCUT2D eigenvalue weighted by Gasteiger charge is 2.29. The number of nitrogens with one attached hydrogen (secondary N) is 1. The molecule has 0 radical (unpaired) electrons. The molecule has 2 aliphatic heterocycles. The summed E-state index contributed by atoms with van der Waals surface area (Å²) >= 11 is 0. The van der Waals surface area contributed by atoms with Gasteiger partial charge in [-0.05, 0) is 33.4 Å². The molecule has 16 heavy (non-hydrogen) atoms. The number of piperazine rings is 1. The molecule has 0 spiro atoms. The van der Waals surface area contributed by atoms with Crippen molar-refractivity contribution in [2.75, 3.05) is 39.8 Å². The minimum atomic E-state index is 0.264. The Labute approximate surface area is 98.0 Å². The normalized spacial score (nSPS) is 32.8. The summed E-state index contributed by atoms with van der Waals surface area (Å²) in [6, 6.07) is 0.496. The van der Waals surface area contributed by atoms with Crippen LogP contribution in [0.25, 0.3) is 0 Å². The van der Waals surface area contributed by atoms with Gasteiger partial charge in [0.05, 0.1) is 0 Å². The number of hydrogen-bond acceptors (Lipinski definition) is 3. The fourth-order valence-electron chi connectivity index (χ4n) is 2.64. The number of piperidine rings is 1. The van der Waals surface area contributed by atoms with Gasteiger partial charge in [-0.15, -0.1) is 0 Å². The van der Waals surface area contributed by atoms with Crippen LogP contribution in [0.3, 0.4) is 0 Å². The first-order valence-corrected chi connectivity index (χ1v) is 6.37. The van der Waals surface area contributed by atoms with Crippen molar-refractivity contribution in [2.45, 2.75) is 25.8 Å². The van der Waals surface area contributed by atoms with E-state index in [-0.39, 0.29) is 5.92 Å². The lowest BCUT2D eigenvalue weighted by molar-refractivity contribution is -0.138. The molecule has 0 aliphatic carbocycles. The van der Waals surface area contributed by atoms with Crippen molar-refractivity contribution in [1.82, 2.24) is 15.1 Å². The van der Waals surface area contributed by atoms with Gasteiger partial charge in [0.1, 0.15) is 0 Å². The fraction of sp³-hybridized carbons (Fsp3) is 0.917. The summed E-state index contributed by atoms with van der Waals surface area (Å²) in [5.41, 5.74) is 0. The quantitative estimate of drug-likeness (QED) is 0.690. The molecule has 2 heterocycles. The molecule has 2 aliphatic rings. The Balaban J connectivity index is 1.86. The number of carbonyl (C=O) groups excluding carboxylic acids is 1. The van der Waals surface area contributed by atoms with Crippen LogP contribution < -0.4 is 5.32 Å². The monoisotopic (exact) mass is 225 g/mol. The van der Waals surface area contributed by atoms with Gasteiger partial charge >= 0.3 is 0 Å². The van der Waals surface area contributed by atoms with Crippen LogP contribution in [0.5, 0.6) is 0 Å². The van der Waals surface area contributed by atoms with Gasteiger partial charge in [0.15, 0.2) is 0 Å². The number of amides is 1. The highest BCUT2D eigenvalue weighted by atomic mass is 16.2. The summed E-state index contributed by atoms with van der Waals surface area (Å²) < 4.78 is 0. The van der Waals surface area contributed by atoms with Gasteiger partial charge in [0.25, 0.3) is 0 Å². The largest absolute Gasteiger partial charge is 0.340 e. The van der Waals surface area contributed by atoms with E-state index in [9.17, 15) is 4.79 Å². The van der Waals surface area contributed by atoms with Gasteiger partial charge in [-0.25, -0.2) is 0 Å². The third kappa shape index (κ3) is 2.74. The minimum absolute atomic E-state index is 0.264. The fourth-order valence-corrected chi connectivity index (χ4v) is 2.64. The second-order valence-corrected chi connectivity index (χ2v) is 5.21. The van der Waals surface area contributed by atoms with Crippen molar-refractivity contribution < 1.29 is 4.79 Å². The lowest BCUT2D eigenvalue weighted by Crippen LogP contribution is -2.51. The molecule has 0 bridgehead atoms. The Bertz CT molecular complexity index is 249. The maximum Gasteiger partial charge on any atom is 0.225 e. The van der Waals surface area contributed by atoms with E-state index in [0.717, 1.165) is 45.6 Å². The highest BCUT2D eigenvalue weighted by Crippen LogP contribution is 2.19. The molecular weight excluding hydrogens is 202 g/mol. The van der Waals surface area contributed by atoms with E-state index in [1.54, 1.807) is 0 Å². The molecule has 2 rings (SSSR count). The SMILES string of the molecule is C[C@H]1C[C@@H](C(=O)N2CCN(C)CC2)CCN1. The molecule has 2 atom stereocenters. The Hall–Kier alpha value is -0.610. The summed E-state index contributed by atoms with van der Waals surface area (Å²) in [4.78, 5) is 16.6. The Morgan fingerprint density at radius 3 is 2.56 bits per heavy atom. The van der Waals surface area contributed by atoms with Crippen LogP contribution in [0.1, 0.15) is 19.8 Å². The standard InChI is InChI=1S/C12H23N3O/c1-10-9-11(3-4-13-10)12(16)15-7-5-14(2)6-8-15/h10-11,13H,3-9H2,1-2H3/t10-,11-/m0/s1. The smallest absolute Gasteiger partial charge is 0.225 e. The van der Waals surface area contributed by atoms with Gasteiger partial charge in [0, 0.05) is 38.1 Å². The highest BCUT2D eigenvalue weighted by molar-refractivity contribution is 5.79. The van der Waals surface area contributed by atoms with E-state index >= 15 is 0 Å². The Morgan fingerprint density at radius 2 is 1.94 bits per heavy atom. The van der Waals surface area contributed by atoms with Crippen molar-refractivity contribution in [3.63, 3.8) is 0 Å². The average molecular weight is 225 g/mol. The maximum atomic E-state index is 12.3.